The Bertz CT molecular complexity index is 1150. The van der Waals surface area contributed by atoms with Crippen LogP contribution in [0, 0.1) is 0 Å². The third-order valence-corrected chi connectivity index (χ3v) is 8.30. The van der Waals surface area contributed by atoms with Crippen LogP contribution in [0.1, 0.15) is 30.6 Å². The average Bonchev–Trinajstić information content (AvgIpc) is 2.84. The minimum absolute atomic E-state index is 0.00787. The number of carboxylic acids is 1. The predicted molar refractivity (Wildman–Crippen MR) is 109 cm³/mol. The van der Waals surface area contributed by atoms with Gasteiger partial charge < -0.3 is 25.5 Å². The number of aliphatic carboxylic acids is 1. The van der Waals surface area contributed by atoms with Gasteiger partial charge in [0.2, 0.25) is 5.91 Å². The number of benzene rings is 1. The molecule has 2 amide bonds. The zero-order chi connectivity index (χ0) is 24.0. The monoisotopic (exact) mass is 467 g/mol. The van der Waals surface area contributed by atoms with Gasteiger partial charge in [0, 0.05) is 11.8 Å². The molecular formula is C19H21N3O9S. The van der Waals surface area contributed by atoms with Crippen LogP contribution in [-0.2, 0) is 24.2 Å². The Hall–Kier alpha value is -3.48. The molecule has 0 saturated carbocycles. The quantitative estimate of drug-likeness (QED) is 0.222. The fourth-order valence-electron chi connectivity index (χ4n) is 3.68. The first kappa shape index (κ1) is 23.2. The van der Waals surface area contributed by atoms with Gasteiger partial charge in [-0.2, -0.15) is 0 Å². The number of rotatable bonds is 7. The highest BCUT2D eigenvalue weighted by atomic mass is 32.2. The molecule has 4 atom stereocenters. The molecule has 0 bridgehead atoms. The molecular weight excluding hydrogens is 446 g/mol. The molecule has 4 N–H and O–H groups in total. The first-order valence-corrected chi connectivity index (χ1v) is 11.0. The lowest BCUT2D eigenvalue weighted by atomic mass is 9.97. The number of sulfone groups is 1. The van der Waals surface area contributed by atoms with Crippen molar-refractivity contribution in [3.63, 3.8) is 0 Å². The number of aliphatic imine (C=N–C) groups is 1. The van der Waals surface area contributed by atoms with Crippen LogP contribution < -0.4 is 5.32 Å². The molecule has 0 spiro atoms. The molecule has 2 aliphatic rings. The topological polar surface area (TPSA) is 191 Å². The van der Waals surface area contributed by atoms with Crippen molar-refractivity contribution in [2.75, 3.05) is 6.54 Å². The third kappa shape index (κ3) is 3.57. The second-order valence-electron chi connectivity index (χ2n) is 7.76. The van der Waals surface area contributed by atoms with E-state index in [2.05, 4.69) is 10.3 Å². The number of ketones is 1. The first-order chi connectivity index (χ1) is 14.8. The van der Waals surface area contributed by atoms with Crippen molar-refractivity contribution in [1.82, 2.24) is 10.2 Å². The molecule has 0 unspecified atom stereocenters. The Kier molecular flexibility index (Phi) is 5.72. The standard InChI is InChI=1S/C19H21N3O9S/c1-9(21-17(27)10-3-4-11(23)12(24)5-10)13(25)7-20-8-19(2)16(18(28)29)22-14(26)6-15(22)32(19,30)31/h3-5,8-9,15-16,23-24H,6-7H2,1-2H3,(H,21,27)(H,28,29)/t9-,15+,16-,19-/m0/s1. The van der Waals surface area contributed by atoms with Crippen LogP contribution in [0.4, 0.5) is 0 Å². The van der Waals surface area contributed by atoms with Gasteiger partial charge in [-0.05, 0) is 32.0 Å². The maximum Gasteiger partial charge on any atom is 0.328 e. The Balaban J connectivity index is 1.69. The molecule has 3 rings (SSSR count). The van der Waals surface area contributed by atoms with Crippen molar-refractivity contribution in [1.29, 1.82) is 0 Å². The number of carbonyl (C=O) groups excluding carboxylic acids is 3. The van der Waals surface area contributed by atoms with E-state index in [1.807, 2.05) is 0 Å². The summed E-state index contributed by atoms with van der Waals surface area (Å²) in [5.74, 6) is -4.31. The Morgan fingerprint density at radius 3 is 2.53 bits per heavy atom. The number of nitrogens with zero attached hydrogens (tertiary/aromatic N) is 2. The van der Waals surface area contributed by atoms with E-state index in [9.17, 15) is 42.9 Å². The molecule has 2 fully saturated rings. The largest absolute Gasteiger partial charge is 0.504 e. The van der Waals surface area contributed by atoms with E-state index in [4.69, 9.17) is 0 Å². The number of amides is 2. The van der Waals surface area contributed by atoms with Crippen molar-refractivity contribution in [3.8, 4) is 11.5 Å². The summed E-state index contributed by atoms with van der Waals surface area (Å²) in [6, 6.07) is 0.666. The zero-order valence-corrected chi connectivity index (χ0v) is 17.9. The number of aromatic hydroxyl groups is 2. The Labute approximate surface area is 182 Å². The molecule has 2 heterocycles. The minimum Gasteiger partial charge on any atom is -0.504 e. The van der Waals surface area contributed by atoms with Crippen LogP contribution in [0.5, 0.6) is 11.5 Å². The Morgan fingerprint density at radius 1 is 1.31 bits per heavy atom. The SMILES string of the molecule is C[C@H](NC(=O)c1ccc(O)c(O)c1)C(=O)CN=C[C@@]1(C)[C@H](C(=O)O)N2C(=O)C[C@H]2S1(=O)=O. The van der Waals surface area contributed by atoms with E-state index < -0.39 is 73.7 Å². The van der Waals surface area contributed by atoms with Gasteiger partial charge in [-0.25, -0.2) is 13.2 Å². The van der Waals surface area contributed by atoms with Gasteiger partial charge in [0.25, 0.3) is 5.91 Å². The van der Waals surface area contributed by atoms with Crippen LogP contribution in [0.15, 0.2) is 23.2 Å². The third-order valence-electron chi connectivity index (χ3n) is 5.64. The fourth-order valence-corrected chi connectivity index (χ4v) is 5.92. The second-order valence-corrected chi connectivity index (χ2v) is 10.3. The normalized spacial score (nSPS) is 26.9. The molecule has 1 aromatic carbocycles. The first-order valence-electron chi connectivity index (χ1n) is 9.45. The number of Topliss-reactive ketones (excluding diaryl/α,β-unsaturated/α-hetero) is 1. The van der Waals surface area contributed by atoms with Crippen molar-refractivity contribution < 1.29 is 42.9 Å². The van der Waals surface area contributed by atoms with Gasteiger partial charge in [0.05, 0.1) is 19.0 Å². The summed E-state index contributed by atoms with van der Waals surface area (Å²) in [7, 11) is -4.09. The van der Waals surface area contributed by atoms with Crippen LogP contribution in [-0.4, -0.2) is 87.2 Å². The second kappa shape index (κ2) is 7.89. The molecule has 1 aromatic rings. The summed E-state index contributed by atoms with van der Waals surface area (Å²) in [6.07, 6.45) is 0.571. The minimum atomic E-state index is -4.09. The van der Waals surface area contributed by atoms with Crippen molar-refractivity contribution in [2.45, 2.75) is 42.5 Å². The number of hydrogen-bond acceptors (Lipinski definition) is 9. The van der Waals surface area contributed by atoms with Crippen molar-refractivity contribution >= 4 is 39.6 Å². The van der Waals surface area contributed by atoms with E-state index in [1.54, 1.807) is 0 Å². The van der Waals surface area contributed by atoms with Crippen LogP contribution in [0.3, 0.4) is 0 Å². The zero-order valence-electron chi connectivity index (χ0n) is 17.0. The van der Waals surface area contributed by atoms with Gasteiger partial charge in [0.1, 0.15) is 10.1 Å². The molecule has 0 radical (unpaired) electrons. The van der Waals surface area contributed by atoms with E-state index in [-0.39, 0.29) is 12.0 Å². The highest BCUT2D eigenvalue weighted by Crippen LogP contribution is 2.45. The lowest BCUT2D eigenvalue weighted by Crippen LogP contribution is -2.57. The number of phenols is 2. The number of nitrogens with one attached hydrogen (secondary N) is 1. The van der Waals surface area contributed by atoms with Gasteiger partial charge >= 0.3 is 5.97 Å². The van der Waals surface area contributed by atoms with Gasteiger partial charge in [-0.1, -0.05) is 0 Å². The summed E-state index contributed by atoms with van der Waals surface area (Å²) in [5, 5.41) is 29.4. The number of phenolic OH excluding ortho intramolecular Hbond substituents is 2. The summed E-state index contributed by atoms with van der Waals surface area (Å²) < 4.78 is 23.5. The van der Waals surface area contributed by atoms with Gasteiger partial charge in [0.15, 0.2) is 33.2 Å². The summed E-state index contributed by atoms with van der Waals surface area (Å²) in [6.45, 7) is 1.97. The lowest BCUT2D eigenvalue weighted by Gasteiger charge is -2.35. The highest BCUT2D eigenvalue weighted by Gasteiger charge is 2.69. The van der Waals surface area contributed by atoms with Gasteiger partial charge in [-0.3, -0.25) is 19.4 Å². The van der Waals surface area contributed by atoms with E-state index in [0.29, 0.717) is 0 Å². The number of carboxylic acid groups (broad SMARTS) is 1. The number of hydrogen-bond donors (Lipinski definition) is 4. The maximum atomic E-state index is 12.8. The predicted octanol–water partition coefficient (Wildman–Crippen LogP) is -0.945. The summed E-state index contributed by atoms with van der Waals surface area (Å²) in [4.78, 5) is 52.6. The maximum absolute atomic E-state index is 12.8. The van der Waals surface area contributed by atoms with E-state index in [0.717, 1.165) is 30.2 Å². The van der Waals surface area contributed by atoms with Crippen molar-refractivity contribution in [2.24, 2.45) is 4.99 Å². The van der Waals surface area contributed by atoms with E-state index in [1.165, 1.54) is 13.0 Å². The van der Waals surface area contributed by atoms with Crippen LogP contribution in [0.2, 0.25) is 0 Å². The lowest BCUT2D eigenvalue weighted by molar-refractivity contribution is -0.156. The Morgan fingerprint density at radius 2 is 1.97 bits per heavy atom. The number of β-lactam (4-membered cyclic amide) rings is 1. The molecule has 2 saturated heterocycles. The van der Waals surface area contributed by atoms with Crippen LogP contribution in [0.25, 0.3) is 0 Å². The molecule has 172 valence electrons. The molecule has 2 aliphatic heterocycles. The molecule has 0 aliphatic carbocycles. The number of carbonyl (C=O) groups is 4. The summed E-state index contributed by atoms with van der Waals surface area (Å²) in [5.41, 5.74) is -0.00787. The number of fused-ring (bicyclic) bond motifs is 1. The summed E-state index contributed by atoms with van der Waals surface area (Å²) >= 11 is 0. The fraction of sp³-hybridized carbons (Fsp3) is 0.421. The molecule has 13 heteroatoms. The van der Waals surface area contributed by atoms with Crippen LogP contribution >= 0.6 is 0 Å². The van der Waals surface area contributed by atoms with Crippen molar-refractivity contribution in [3.05, 3.63) is 23.8 Å². The molecule has 0 aromatic heterocycles. The van der Waals surface area contributed by atoms with Gasteiger partial charge in [-0.15, -0.1) is 0 Å². The average molecular weight is 467 g/mol. The smallest absolute Gasteiger partial charge is 0.328 e. The molecule has 12 nitrogen and oxygen atoms in total. The highest BCUT2D eigenvalue weighted by molar-refractivity contribution is 7.94. The molecule has 32 heavy (non-hydrogen) atoms. The van der Waals surface area contributed by atoms with E-state index >= 15 is 0 Å².